The van der Waals surface area contributed by atoms with Crippen molar-refractivity contribution in [3.05, 3.63) is 23.7 Å². The van der Waals surface area contributed by atoms with Crippen LogP contribution in [0.3, 0.4) is 0 Å². The van der Waals surface area contributed by atoms with Crippen LogP contribution in [0.4, 0.5) is 0 Å². The van der Waals surface area contributed by atoms with Gasteiger partial charge in [0.25, 0.3) is 5.91 Å². The summed E-state index contributed by atoms with van der Waals surface area (Å²) in [5, 5.41) is 19.3. The number of hydrogen-bond acceptors (Lipinski definition) is 4. The summed E-state index contributed by atoms with van der Waals surface area (Å²) in [5.41, 5.74) is 0.152. The monoisotopic (exact) mass is 241 g/mol. The highest BCUT2D eigenvalue weighted by Gasteiger charge is 2.24. The lowest BCUT2D eigenvalue weighted by Gasteiger charge is -2.11. The number of furan rings is 1. The Morgan fingerprint density at radius 2 is 2.06 bits per heavy atom. The third kappa shape index (κ3) is 3.63. The van der Waals surface area contributed by atoms with Gasteiger partial charge in [0.2, 0.25) is 0 Å². The summed E-state index contributed by atoms with van der Waals surface area (Å²) >= 11 is 0. The number of aryl methyl sites for hydroxylation is 1. The van der Waals surface area contributed by atoms with Crippen molar-refractivity contribution >= 4 is 17.8 Å². The van der Waals surface area contributed by atoms with Crippen molar-refractivity contribution in [1.29, 1.82) is 0 Å². The van der Waals surface area contributed by atoms with Gasteiger partial charge in [-0.1, -0.05) is 0 Å². The van der Waals surface area contributed by atoms with Gasteiger partial charge in [-0.15, -0.1) is 0 Å². The summed E-state index contributed by atoms with van der Waals surface area (Å²) in [7, 11) is 0. The molecule has 0 saturated heterocycles. The summed E-state index contributed by atoms with van der Waals surface area (Å²) in [4.78, 5) is 32.6. The first-order valence-electron chi connectivity index (χ1n) is 4.70. The lowest BCUT2D eigenvalue weighted by atomic mass is 10.2. The fraction of sp³-hybridized carbons (Fsp3) is 0.300. The molecule has 7 nitrogen and oxygen atoms in total. The molecule has 1 unspecified atom stereocenters. The maximum absolute atomic E-state index is 11.5. The zero-order valence-electron chi connectivity index (χ0n) is 8.97. The minimum absolute atomic E-state index is 0.152. The van der Waals surface area contributed by atoms with E-state index in [2.05, 4.69) is 5.32 Å². The molecule has 0 aliphatic carbocycles. The molecule has 1 atom stereocenters. The molecule has 0 bridgehead atoms. The molecule has 0 fully saturated rings. The molecule has 1 amide bonds. The van der Waals surface area contributed by atoms with E-state index >= 15 is 0 Å². The average Bonchev–Trinajstić information content (AvgIpc) is 2.63. The molecule has 1 rings (SSSR count). The minimum atomic E-state index is -1.46. The molecule has 1 aromatic heterocycles. The van der Waals surface area contributed by atoms with E-state index in [0.29, 0.717) is 5.76 Å². The van der Waals surface area contributed by atoms with Crippen LogP contribution in [0, 0.1) is 6.92 Å². The minimum Gasteiger partial charge on any atom is -0.481 e. The van der Waals surface area contributed by atoms with E-state index in [1.54, 1.807) is 6.92 Å². The highest BCUT2D eigenvalue weighted by molar-refractivity contribution is 5.97. The Morgan fingerprint density at radius 1 is 1.41 bits per heavy atom. The van der Waals surface area contributed by atoms with Gasteiger partial charge in [0.05, 0.1) is 12.0 Å². The van der Waals surface area contributed by atoms with Gasteiger partial charge in [-0.25, -0.2) is 4.79 Å². The molecule has 0 radical (unpaired) electrons. The largest absolute Gasteiger partial charge is 0.481 e. The molecule has 1 aromatic rings. The Kier molecular flexibility index (Phi) is 3.86. The Labute approximate surface area is 96.0 Å². The van der Waals surface area contributed by atoms with Crippen molar-refractivity contribution in [3.63, 3.8) is 0 Å². The van der Waals surface area contributed by atoms with Gasteiger partial charge in [0.1, 0.15) is 18.1 Å². The number of aliphatic carboxylic acids is 2. The van der Waals surface area contributed by atoms with E-state index in [1.165, 1.54) is 12.3 Å². The molecular formula is C10H11NO6. The van der Waals surface area contributed by atoms with E-state index < -0.39 is 30.3 Å². The second-order valence-corrected chi connectivity index (χ2v) is 3.41. The maximum Gasteiger partial charge on any atom is 0.326 e. The third-order valence-electron chi connectivity index (χ3n) is 1.97. The van der Waals surface area contributed by atoms with Crippen molar-refractivity contribution in [2.75, 3.05) is 0 Å². The van der Waals surface area contributed by atoms with Crippen molar-refractivity contribution < 1.29 is 29.0 Å². The second-order valence-electron chi connectivity index (χ2n) is 3.41. The van der Waals surface area contributed by atoms with Crippen molar-refractivity contribution in [1.82, 2.24) is 5.32 Å². The van der Waals surface area contributed by atoms with Crippen LogP contribution in [0.1, 0.15) is 22.5 Å². The molecule has 3 N–H and O–H groups in total. The van der Waals surface area contributed by atoms with E-state index in [1.807, 2.05) is 0 Å². The fourth-order valence-corrected chi connectivity index (χ4v) is 1.18. The number of carbonyl (C=O) groups excluding carboxylic acids is 1. The first-order valence-corrected chi connectivity index (χ1v) is 4.70. The number of carboxylic acid groups (broad SMARTS) is 2. The molecule has 92 valence electrons. The molecule has 1 heterocycles. The zero-order valence-corrected chi connectivity index (χ0v) is 8.97. The summed E-state index contributed by atoms with van der Waals surface area (Å²) in [5.74, 6) is -2.89. The first-order chi connectivity index (χ1) is 7.90. The van der Waals surface area contributed by atoms with Crippen LogP contribution in [-0.2, 0) is 9.59 Å². The number of nitrogens with one attached hydrogen (secondary N) is 1. The maximum atomic E-state index is 11.5. The SMILES string of the molecule is Cc1cc(C(=O)NC(CC(=O)O)C(=O)O)co1. The smallest absolute Gasteiger partial charge is 0.326 e. The standard InChI is InChI=1S/C10H11NO6/c1-5-2-6(4-17-5)9(14)11-7(10(15)16)3-8(12)13/h2,4,7H,3H2,1H3,(H,11,14)(H,12,13)(H,15,16). The van der Waals surface area contributed by atoms with Gasteiger partial charge in [-0.05, 0) is 13.0 Å². The first kappa shape index (κ1) is 12.8. The third-order valence-corrected chi connectivity index (χ3v) is 1.97. The van der Waals surface area contributed by atoms with Crippen LogP contribution in [0.25, 0.3) is 0 Å². The summed E-state index contributed by atoms with van der Waals surface area (Å²) < 4.78 is 4.88. The lowest BCUT2D eigenvalue weighted by Crippen LogP contribution is -2.42. The quantitative estimate of drug-likeness (QED) is 0.680. The van der Waals surface area contributed by atoms with E-state index in [-0.39, 0.29) is 5.56 Å². The van der Waals surface area contributed by atoms with Gasteiger partial charge < -0.3 is 19.9 Å². The summed E-state index contributed by atoms with van der Waals surface area (Å²) in [6.45, 7) is 1.63. The molecule has 0 saturated carbocycles. The number of carbonyl (C=O) groups is 3. The Bertz CT molecular complexity index is 449. The normalized spacial score (nSPS) is 11.8. The predicted molar refractivity (Wildman–Crippen MR) is 54.6 cm³/mol. The Hall–Kier alpha value is -2.31. The Balaban J connectivity index is 2.70. The molecule has 17 heavy (non-hydrogen) atoms. The van der Waals surface area contributed by atoms with Gasteiger partial charge in [0, 0.05) is 0 Å². The molecule has 0 aliphatic heterocycles. The van der Waals surface area contributed by atoms with Crippen molar-refractivity contribution in [2.24, 2.45) is 0 Å². The average molecular weight is 241 g/mol. The van der Waals surface area contributed by atoms with Gasteiger partial charge in [0.15, 0.2) is 0 Å². The summed E-state index contributed by atoms with van der Waals surface area (Å²) in [6.07, 6.45) is 0.488. The predicted octanol–water partition coefficient (Wildman–Crippen LogP) is 0.246. The van der Waals surface area contributed by atoms with Crippen LogP contribution in [0.15, 0.2) is 16.7 Å². The number of hydrogen-bond donors (Lipinski definition) is 3. The zero-order chi connectivity index (χ0) is 13.0. The molecule has 0 aromatic carbocycles. The van der Waals surface area contributed by atoms with Crippen LogP contribution in [0.5, 0.6) is 0 Å². The number of amides is 1. The van der Waals surface area contributed by atoms with E-state index in [0.717, 1.165) is 0 Å². The van der Waals surface area contributed by atoms with Crippen LogP contribution < -0.4 is 5.32 Å². The highest BCUT2D eigenvalue weighted by atomic mass is 16.4. The summed E-state index contributed by atoms with van der Waals surface area (Å²) in [6, 6.07) is -0.0372. The van der Waals surface area contributed by atoms with Crippen molar-refractivity contribution in [2.45, 2.75) is 19.4 Å². The lowest BCUT2D eigenvalue weighted by molar-refractivity contribution is -0.145. The van der Waals surface area contributed by atoms with Gasteiger partial charge in [-0.3, -0.25) is 9.59 Å². The molecule has 7 heteroatoms. The van der Waals surface area contributed by atoms with E-state index in [4.69, 9.17) is 14.6 Å². The van der Waals surface area contributed by atoms with Crippen molar-refractivity contribution in [3.8, 4) is 0 Å². The highest BCUT2D eigenvalue weighted by Crippen LogP contribution is 2.06. The second kappa shape index (κ2) is 5.15. The Morgan fingerprint density at radius 3 is 2.47 bits per heavy atom. The van der Waals surface area contributed by atoms with Gasteiger partial charge >= 0.3 is 11.9 Å². The van der Waals surface area contributed by atoms with Crippen LogP contribution in [-0.4, -0.2) is 34.1 Å². The number of carboxylic acids is 2. The van der Waals surface area contributed by atoms with Gasteiger partial charge in [-0.2, -0.15) is 0 Å². The molecule has 0 aliphatic rings. The molecule has 0 spiro atoms. The van der Waals surface area contributed by atoms with Crippen LogP contribution in [0.2, 0.25) is 0 Å². The topological polar surface area (TPSA) is 117 Å². The fourth-order valence-electron chi connectivity index (χ4n) is 1.18. The van der Waals surface area contributed by atoms with Crippen LogP contribution >= 0.6 is 0 Å². The number of rotatable bonds is 5. The van der Waals surface area contributed by atoms with E-state index in [9.17, 15) is 14.4 Å². The molecular weight excluding hydrogens is 230 g/mol.